The Labute approximate surface area is 96.7 Å². The molecule has 4 heteroatoms. The molecule has 0 aliphatic carbocycles. The van der Waals surface area contributed by atoms with Gasteiger partial charge in [-0.25, -0.2) is 0 Å². The van der Waals surface area contributed by atoms with E-state index in [-0.39, 0.29) is 0 Å². The minimum Gasteiger partial charge on any atom is -0.387 e. The molecule has 1 aliphatic heterocycles. The number of aliphatic hydroxyl groups is 1. The van der Waals surface area contributed by atoms with Crippen LogP contribution < -0.4 is 0 Å². The molecule has 0 saturated carbocycles. The van der Waals surface area contributed by atoms with Gasteiger partial charge in [-0.15, -0.1) is 11.3 Å². The molecule has 0 spiro atoms. The van der Waals surface area contributed by atoms with Gasteiger partial charge >= 0.3 is 0 Å². The highest BCUT2D eigenvalue weighted by molar-refractivity contribution is 9.11. The van der Waals surface area contributed by atoms with E-state index < -0.39 is 5.60 Å². The average molecular weight is 276 g/mol. The van der Waals surface area contributed by atoms with E-state index in [4.69, 9.17) is 0 Å². The Kier molecular flexibility index (Phi) is 2.98. The molecule has 0 bridgehead atoms. The van der Waals surface area contributed by atoms with E-state index >= 15 is 0 Å². The van der Waals surface area contributed by atoms with Gasteiger partial charge in [0.2, 0.25) is 0 Å². The van der Waals surface area contributed by atoms with Crippen molar-refractivity contribution in [1.29, 1.82) is 0 Å². The third-order valence-corrected chi connectivity index (χ3v) is 4.28. The third-order valence-electron chi connectivity index (χ3n) is 2.72. The minimum atomic E-state index is -0.409. The molecule has 0 amide bonds. The molecule has 0 radical (unpaired) electrons. The Morgan fingerprint density at radius 3 is 2.86 bits per heavy atom. The number of thiophene rings is 1. The number of halogens is 1. The molecule has 0 atom stereocenters. The van der Waals surface area contributed by atoms with Crippen LogP contribution in [0.5, 0.6) is 0 Å². The summed E-state index contributed by atoms with van der Waals surface area (Å²) < 4.78 is 1.18. The molecule has 1 saturated heterocycles. The van der Waals surface area contributed by atoms with Crippen LogP contribution >= 0.6 is 27.3 Å². The van der Waals surface area contributed by atoms with Crippen molar-refractivity contribution in [2.45, 2.75) is 25.5 Å². The van der Waals surface area contributed by atoms with Gasteiger partial charge in [-0.3, -0.25) is 4.90 Å². The van der Waals surface area contributed by atoms with E-state index in [1.807, 2.05) is 6.92 Å². The van der Waals surface area contributed by atoms with Gasteiger partial charge in [-0.1, -0.05) is 6.92 Å². The lowest BCUT2D eigenvalue weighted by Gasteiger charge is -2.46. The maximum absolute atomic E-state index is 9.82. The van der Waals surface area contributed by atoms with E-state index in [9.17, 15) is 5.11 Å². The zero-order chi connectivity index (χ0) is 10.2. The highest BCUT2D eigenvalue weighted by Gasteiger charge is 2.38. The van der Waals surface area contributed by atoms with Gasteiger partial charge in [0, 0.05) is 19.6 Å². The highest BCUT2D eigenvalue weighted by Crippen LogP contribution is 2.28. The van der Waals surface area contributed by atoms with Gasteiger partial charge in [0.25, 0.3) is 0 Å². The fraction of sp³-hybridized carbons (Fsp3) is 0.600. The van der Waals surface area contributed by atoms with Crippen LogP contribution in [0.15, 0.2) is 15.2 Å². The quantitative estimate of drug-likeness (QED) is 0.916. The molecule has 14 heavy (non-hydrogen) atoms. The Bertz CT molecular complexity index is 320. The smallest absolute Gasteiger partial charge is 0.0897 e. The van der Waals surface area contributed by atoms with Gasteiger partial charge in [-0.05, 0) is 39.4 Å². The van der Waals surface area contributed by atoms with E-state index in [2.05, 4.69) is 32.3 Å². The van der Waals surface area contributed by atoms with Gasteiger partial charge < -0.3 is 5.11 Å². The topological polar surface area (TPSA) is 23.5 Å². The first kappa shape index (κ1) is 10.6. The molecule has 1 aromatic heterocycles. The lowest BCUT2D eigenvalue weighted by atomic mass is 9.91. The van der Waals surface area contributed by atoms with Crippen molar-refractivity contribution >= 4 is 27.3 Å². The number of likely N-dealkylation sites (tertiary alicyclic amines) is 1. The summed E-state index contributed by atoms with van der Waals surface area (Å²) in [7, 11) is 0. The normalized spacial score (nSPS) is 20.8. The second kappa shape index (κ2) is 3.93. The van der Waals surface area contributed by atoms with Crippen LogP contribution in [0.3, 0.4) is 0 Å². The van der Waals surface area contributed by atoms with Crippen LogP contribution in [-0.2, 0) is 6.54 Å². The molecule has 0 aromatic carbocycles. The molecule has 78 valence electrons. The minimum absolute atomic E-state index is 0.409. The maximum atomic E-state index is 9.82. The Morgan fingerprint density at radius 1 is 1.64 bits per heavy atom. The van der Waals surface area contributed by atoms with E-state index in [1.165, 1.54) is 9.35 Å². The lowest BCUT2D eigenvalue weighted by molar-refractivity contribution is -0.103. The van der Waals surface area contributed by atoms with Gasteiger partial charge in [0.15, 0.2) is 0 Å². The summed E-state index contributed by atoms with van der Waals surface area (Å²) in [4.78, 5) is 2.28. The van der Waals surface area contributed by atoms with Crippen LogP contribution in [0, 0.1) is 0 Å². The van der Waals surface area contributed by atoms with Crippen molar-refractivity contribution in [3.05, 3.63) is 20.8 Å². The van der Waals surface area contributed by atoms with E-state index in [0.717, 1.165) is 26.1 Å². The van der Waals surface area contributed by atoms with E-state index in [0.29, 0.717) is 0 Å². The predicted molar refractivity (Wildman–Crippen MR) is 62.5 cm³/mol. The van der Waals surface area contributed by atoms with Crippen LogP contribution in [-0.4, -0.2) is 28.7 Å². The molecule has 2 rings (SSSR count). The van der Waals surface area contributed by atoms with Crippen molar-refractivity contribution in [2.24, 2.45) is 0 Å². The Morgan fingerprint density at radius 2 is 2.36 bits per heavy atom. The molecule has 2 heterocycles. The Hall–Kier alpha value is 0.100. The van der Waals surface area contributed by atoms with E-state index in [1.54, 1.807) is 11.3 Å². The van der Waals surface area contributed by atoms with Gasteiger partial charge in [0.1, 0.15) is 0 Å². The summed E-state index contributed by atoms with van der Waals surface area (Å²) in [6, 6.07) is 2.15. The van der Waals surface area contributed by atoms with Gasteiger partial charge in [-0.2, -0.15) is 0 Å². The fourth-order valence-corrected chi connectivity index (χ4v) is 3.01. The highest BCUT2D eigenvalue weighted by atomic mass is 79.9. The third kappa shape index (κ3) is 2.19. The lowest BCUT2D eigenvalue weighted by Crippen LogP contribution is -2.60. The summed E-state index contributed by atoms with van der Waals surface area (Å²) in [6.45, 7) is 4.64. The summed E-state index contributed by atoms with van der Waals surface area (Å²) in [6.07, 6.45) is 0.858. The average Bonchev–Trinajstić information content (AvgIpc) is 2.48. The molecule has 1 aliphatic rings. The van der Waals surface area contributed by atoms with Crippen LogP contribution in [0.4, 0.5) is 0 Å². The number of rotatable bonds is 3. The first-order chi connectivity index (χ1) is 6.61. The number of hydrogen-bond acceptors (Lipinski definition) is 3. The molecule has 1 N–H and O–H groups in total. The van der Waals surface area contributed by atoms with Crippen molar-refractivity contribution in [2.75, 3.05) is 13.1 Å². The first-order valence-electron chi connectivity index (χ1n) is 4.79. The van der Waals surface area contributed by atoms with Crippen LogP contribution in [0.1, 0.15) is 18.9 Å². The number of nitrogens with zero attached hydrogens (tertiary/aromatic N) is 1. The summed E-state index contributed by atoms with van der Waals surface area (Å²) >= 11 is 5.16. The van der Waals surface area contributed by atoms with Crippen molar-refractivity contribution in [3.63, 3.8) is 0 Å². The summed E-state index contributed by atoms with van der Waals surface area (Å²) in [5.74, 6) is 0. The zero-order valence-electron chi connectivity index (χ0n) is 8.16. The fourth-order valence-electron chi connectivity index (χ4n) is 1.81. The molecular formula is C10H14BrNOS. The standard InChI is InChI=1S/C10H14BrNOS/c1-2-10(13)6-12(7-10)4-8-3-9(11)14-5-8/h3,5,13H,2,4,6-7H2,1H3. The summed E-state index contributed by atoms with van der Waals surface area (Å²) in [5.41, 5.74) is 0.924. The molecular weight excluding hydrogens is 262 g/mol. The molecule has 1 aromatic rings. The second-order valence-corrected chi connectivity index (χ2v) is 6.27. The second-order valence-electron chi connectivity index (χ2n) is 3.98. The molecule has 1 fully saturated rings. The molecule has 0 unspecified atom stereocenters. The first-order valence-corrected chi connectivity index (χ1v) is 6.46. The monoisotopic (exact) mass is 275 g/mol. The largest absolute Gasteiger partial charge is 0.387 e. The Balaban J connectivity index is 1.85. The zero-order valence-corrected chi connectivity index (χ0v) is 10.6. The SMILES string of the molecule is CCC1(O)CN(Cc2csc(Br)c2)C1. The van der Waals surface area contributed by atoms with Crippen molar-refractivity contribution < 1.29 is 5.11 Å². The predicted octanol–water partition coefficient (Wildman–Crippen LogP) is 2.47. The number of β-amino-alcohol motifs (C(OH)–C–C–N with tert-alkyl or cyclic N) is 1. The van der Waals surface area contributed by atoms with Crippen molar-refractivity contribution in [3.8, 4) is 0 Å². The maximum Gasteiger partial charge on any atom is 0.0897 e. The summed E-state index contributed by atoms with van der Waals surface area (Å²) in [5, 5.41) is 12.0. The number of hydrogen-bond donors (Lipinski definition) is 1. The van der Waals surface area contributed by atoms with Gasteiger partial charge in [0.05, 0.1) is 9.39 Å². The van der Waals surface area contributed by atoms with Crippen LogP contribution in [0.25, 0.3) is 0 Å². The molecule has 2 nitrogen and oxygen atoms in total. The van der Waals surface area contributed by atoms with Crippen molar-refractivity contribution in [1.82, 2.24) is 4.90 Å². The van der Waals surface area contributed by atoms with Crippen LogP contribution in [0.2, 0.25) is 0 Å².